The predicted octanol–water partition coefficient (Wildman–Crippen LogP) is 3.96. The molecule has 6 nitrogen and oxygen atoms in total. The van der Waals surface area contributed by atoms with Crippen LogP contribution in [0.25, 0.3) is 10.9 Å². The highest BCUT2D eigenvalue weighted by atomic mass is 35.5. The minimum atomic E-state index is -0.537. The van der Waals surface area contributed by atoms with Gasteiger partial charge in [0.15, 0.2) is 0 Å². The molecule has 1 aliphatic rings. The van der Waals surface area contributed by atoms with E-state index >= 15 is 4.39 Å². The first kappa shape index (κ1) is 20.2. The average molecular weight is 430 g/mol. The number of carbonyl (C=O) groups is 1. The lowest BCUT2D eigenvalue weighted by Crippen LogP contribution is -2.48. The molecule has 3 aromatic rings. The van der Waals surface area contributed by atoms with E-state index in [9.17, 15) is 9.18 Å². The van der Waals surface area contributed by atoms with E-state index in [1.165, 1.54) is 36.7 Å². The number of anilines is 2. The third-order valence-electron chi connectivity index (χ3n) is 5.00. The van der Waals surface area contributed by atoms with E-state index in [1.807, 2.05) is 0 Å². The molecular weight excluding hydrogens is 412 g/mol. The number of hydrogen-bond acceptors (Lipinski definition) is 5. The molecule has 1 aromatic heterocycles. The second kappa shape index (κ2) is 8.33. The van der Waals surface area contributed by atoms with E-state index in [-0.39, 0.29) is 10.9 Å². The topological polar surface area (TPSA) is 70.2 Å². The Morgan fingerprint density at radius 2 is 2.10 bits per heavy atom. The molecule has 0 bridgehead atoms. The fraction of sp³-hybridized carbons (Fsp3) is 0.190. The molecule has 1 unspecified atom stereocenters. The van der Waals surface area contributed by atoms with Gasteiger partial charge in [0.05, 0.1) is 16.6 Å². The minimum absolute atomic E-state index is 0.0383. The number of hydrogen-bond donors (Lipinski definition) is 2. The molecule has 2 N–H and O–H groups in total. The van der Waals surface area contributed by atoms with Crippen LogP contribution >= 0.6 is 11.6 Å². The van der Waals surface area contributed by atoms with Gasteiger partial charge in [0, 0.05) is 36.3 Å². The molecule has 1 aliphatic heterocycles. The lowest BCUT2D eigenvalue weighted by Gasteiger charge is -2.36. The van der Waals surface area contributed by atoms with Crippen molar-refractivity contribution in [3.63, 3.8) is 0 Å². The van der Waals surface area contributed by atoms with E-state index in [0.717, 1.165) is 0 Å². The smallest absolute Gasteiger partial charge is 0.246 e. The van der Waals surface area contributed by atoms with Gasteiger partial charge >= 0.3 is 0 Å². The summed E-state index contributed by atoms with van der Waals surface area (Å²) in [5.74, 6) is -0.911. The SMILES string of the molecule is C=CC(=O)N1CCNCC1c1cc2ncnc(Nc3ccc(F)c(Cl)c3)c2cc1F. The molecular formula is C21H18ClF2N5O. The maximum atomic E-state index is 15.1. The maximum absolute atomic E-state index is 15.1. The van der Waals surface area contributed by atoms with Crippen LogP contribution in [-0.2, 0) is 4.79 Å². The number of halogens is 3. The Morgan fingerprint density at radius 3 is 2.87 bits per heavy atom. The highest BCUT2D eigenvalue weighted by Crippen LogP contribution is 2.31. The van der Waals surface area contributed by atoms with Crippen LogP contribution in [-0.4, -0.2) is 40.4 Å². The minimum Gasteiger partial charge on any atom is -0.340 e. The van der Waals surface area contributed by atoms with Crippen LogP contribution in [0.15, 0.2) is 49.3 Å². The largest absolute Gasteiger partial charge is 0.340 e. The van der Waals surface area contributed by atoms with Crippen LogP contribution in [0.1, 0.15) is 11.6 Å². The number of nitrogens with zero attached hydrogens (tertiary/aromatic N) is 3. The Morgan fingerprint density at radius 1 is 1.27 bits per heavy atom. The van der Waals surface area contributed by atoms with Crippen LogP contribution in [0.5, 0.6) is 0 Å². The normalized spacial score (nSPS) is 16.5. The summed E-state index contributed by atoms with van der Waals surface area (Å²) in [4.78, 5) is 22.2. The first-order valence-corrected chi connectivity index (χ1v) is 9.65. The zero-order valence-corrected chi connectivity index (χ0v) is 16.6. The fourth-order valence-corrected chi connectivity index (χ4v) is 3.70. The molecule has 0 spiro atoms. The number of benzene rings is 2. The third-order valence-corrected chi connectivity index (χ3v) is 5.29. The van der Waals surface area contributed by atoms with Crippen molar-refractivity contribution in [2.75, 3.05) is 25.0 Å². The summed E-state index contributed by atoms with van der Waals surface area (Å²) in [5, 5.41) is 6.62. The number of amides is 1. The van der Waals surface area contributed by atoms with Gasteiger partial charge in [-0.05, 0) is 36.4 Å². The second-order valence-corrected chi connectivity index (χ2v) is 7.23. The van der Waals surface area contributed by atoms with Crippen molar-refractivity contribution >= 4 is 39.9 Å². The Hall–Kier alpha value is -3.10. The third kappa shape index (κ3) is 3.83. The molecule has 2 heterocycles. The van der Waals surface area contributed by atoms with Crippen LogP contribution in [0.3, 0.4) is 0 Å². The summed E-state index contributed by atoms with van der Waals surface area (Å²) < 4.78 is 28.5. The molecule has 1 fully saturated rings. The first-order chi connectivity index (χ1) is 14.5. The molecule has 30 heavy (non-hydrogen) atoms. The van der Waals surface area contributed by atoms with Gasteiger partial charge < -0.3 is 15.5 Å². The van der Waals surface area contributed by atoms with E-state index in [2.05, 4.69) is 27.2 Å². The number of piperazine rings is 1. The first-order valence-electron chi connectivity index (χ1n) is 9.28. The van der Waals surface area contributed by atoms with E-state index in [0.29, 0.717) is 47.6 Å². The average Bonchev–Trinajstić information content (AvgIpc) is 2.76. The molecule has 0 radical (unpaired) electrons. The van der Waals surface area contributed by atoms with Crippen molar-refractivity contribution in [2.45, 2.75) is 6.04 Å². The van der Waals surface area contributed by atoms with Gasteiger partial charge in [0.1, 0.15) is 23.8 Å². The standard InChI is InChI=1S/C21H18ClF2N5O/c1-2-20(30)29-6-5-25-10-19(29)13-9-18-14(8-17(13)24)21(27-11-26-18)28-12-3-4-16(23)15(22)7-12/h2-4,7-9,11,19,25H,1,5-6,10H2,(H,26,27,28). The van der Waals surface area contributed by atoms with Gasteiger partial charge in [0.2, 0.25) is 5.91 Å². The van der Waals surface area contributed by atoms with Crippen LogP contribution in [0, 0.1) is 11.6 Å². The Kier molecular flexibility index (Phi) is 5.61. The number of rotatable bonds is 4. The van der Waals surface area contributed by atoms with E-state index in [1.54, 1.807) is 11.0 Å². The lowest BCUT2D eigenvalue weighted by atomic mass is 10.0. The van der Waals surface area contributed by atoms with Gasteiger partial charge in [0.25, 0.3) is 0 Å². The van der Waals surface area contributed by atoms with Crippen molar-refractivity contribution in [3.05, 3.63) is 71.5 Å². The molecule has 1 saturated heterocycles. The Balaban J connectivity index is 1.73. The van der Waals surface area contributed by atoms with Crippen LogP contribution in [0.4, 0.5) is 20.3 Å². The second-order valence-electron chi connectivity index (χ2n) is 6.82. The van der Waals surface area contributed by atoms with Gasteiger partial charge in [-0.25, -0.2) is 18.7 Å². The lowest BCUT2D eigenvalue weighted by molar-refractivity contribution is -0.129. The maximum Gasteiger partial charge on any atom is 0.246 e. The molecule has 2 aromatic carbocycles. The van der Waals surface area contributed by atoms with Gasteiger partial charge in [-0.3, -0.25) is 4.79 Å². The zero-order valence-electron chi connectivity index (χ0n) is 15.8. The summed E-state index contributed by atoms with van der Waals surface area (Å²) in [6.07, 6.45) is 2.58. The molecule has 0 aliphatic carbocycles. The van der Waals surface area contributed by atoms with Crippen molar-refractivity contribution in [2.24, 2.45) is 0 Å². The summed E-state index contributed by atoms with van der Waals surface area (Å²) in [5.41, 5.74) is 1.37. The highest BCUT2D eigenvalue weighted by molar-refractivity contribution is 6.31. The van der Waals surface area contributed by atoms with Crippen LogP contribution < -0.4 is 10.6 Å². The summed E-state index contributed by atoms with van der Waals surface area (Å²) in [7, 11) is 0. The van der Waals surface area contributed by atoms with Gasteiger partial charge in [-0.1, -0.05) is 18.2 Å². The molecule has 154 valence electrons. The quantitative estimate of drug-likeness (QED) is 0.614. The summed E-state index contributed by atoms with van der Waals surface area (Å²) in [6, 6.07) is 6.64. The number of nitrogens with one attached hydrogen (secondary N) is 2. The van der Waals surface area contributed by atoms with E-state index < -0.39 is 17.7 Å². The highest BCUT2D eigenvalue weighted by Gasteiger charge is 2.29. The van der Waals surface area contributed by atoms with E-state index in [4.69, 9.17) is 11.6 Å². The number of aromatic nitrogens is 2. The fourth-order valence-electron chi connectivity index (χ4n) is 3.52. The predicted molar refractivity (Wildman–Crippen MR) is 112 cm³/mol. The van der Waals surface area contributed by atoms with Gasteiger partial charge in [-0.15, -0.1) is 0 Å². The van der Waals surface area contributed by atoms with Crippen molar-refractivity contribution in [3.8, 4) is 0 Å². The number of fused-ring (bicyclic) bond motifs is 1. The van der Waals surface area contributed by atoms with Crippen molar-refractivity contribution < 1.29 is 13.6 Å². The number of carbonyl (C=O) groups excluding carboxylic acids is 1. The monoisotopic (exact) mass is 429 g/mol. The summed E-state index contributed by atoms with van der Waals surface area (Å²) in [6.45, 7) is 5.04. The molecule has 1 amide bonds. The van der Waals surface area contributed by atoms with Gasteiger partial charge in [-0.2, -0.15) is 0 Å². The van der Waals surface area contributed by atoms with Crippen molar-refractivity contribution in [1.29, 1.82) is 0 Å². The molecule has 4 rings (SSSR count). The molecule has 1 atom stereocenters. The Bertz CT molecular complexity index is 1140. The van der Waals surface area contributed by atoms with Crippen LogP contribution in [0.2, 0.25) is 5.02 Å². The van der Waals surface area contributed by atoms with Crippen molar-refractivity contribution in [1.82, 2.24) is 20.2 Å². The zero-order chi connectivity index (χ0) is 21.3. The Labute approximate surface area is 176 Å². The molecule has 9 heteroatoms. The molecule has 0 saturated carbocycles. The summed E-state index contributed by atoms with van der Waals surface area (Å²) >= 11 is 5.83.